The number of halogens is 1. The van der Waals surface area contributed by atoms with Gasteiger partial charge in [0, 0.05) is 6.54 Å². The zero-order valence-corrected chi connectivity index (χ0v) is 14.2. The van der Waals surface area contributed by atoms with Gasteiger partial charge in [0.25, 0.3) is 0 Å². The number of rotatable bonds is 4. The number of hydrogen-bond donors (Lipinski definition) is 2. The quantitative estimate of drug-likeness (QED) is 0.869. The Kier molecular flexibility index (Phi) is 4.26. The number of carbonyl (C=O) groups excluding carboxylic acids is 2. The highest BCUT2D eigenvalue weighted by Gasteiger charge is 2.66. The van der Waals surface area contributed by atoms with E-state index >= 15 is 0 Å². The molecular formula is C18H21FN2O4. The van der Waals surface area contributed by atoms with Crippen molar-refractivity contribution in [1.29, 1.82) is 0 Å². The highest BCUT2D eigenvalue weighted by molar-refractivity contribution is 6.01. The summed E-state index contributed by atoms with van der Waals surface area (Å²) in [7, 11) is 0. The molecule has 6 nitrogen and oxygen atoms in total. The third-order valence-electron chi connectivity index (χ3n) is 5.27. The fraction of sp³-hybridized carbons (Fsp3) is 0.500. The molecule has 0 bridgehead atoms. The summed E-state index contributed by atoms with van der Waals surface area (Å²) in [4.78, 5) is 37.7. The molecule has 134 valence electrons. The lowest BCUT2D eigenvalue weighted by atomic mass is 10.0. The minimum Gasteiger partial charge on any atom is -0.481 e. The zero-order valence-electron chi connectivity index (χ0n) is 14.2. The maximum atomic E-state index is 14.0. The number of piperidine rings is 1. The van der Waals surface area contributed by atoms with Crippen LogP contribution in [0.5, 0.6) is 0 Å². The molecule has 3 atom stereocenters. The van der Waals surface area contributed by atoms with Gasteiger partial charge in [-0.25, -0.2) is 4.39 Å². The Labute approximate surface area is 145 Å². The molecule has 2 fully saturated rings. The summed E-state index contributed by atoms with van der Waals surface area (Å²) in [6.45, 7) is 3.84. The third-order valence-corrected chi connectivity index (χ3v) is 5.27. The average Bonchev–Trinajstić information content (AvgIpc) is 3.13. The Morgan fingerprint density at radius 2 is 1.96 bits per heavy atom. The fourth-order valence-electron chi connectivity index (χ4n) is 3.77. The first-order chi connectivity index (χ1) is 11.7. The number of benzene rings is 1. The van der Waals surface area contributed by atoms with Gasteiger partial charge < -0.3 is 15.3 Å². The lowest BCUT2D eigenvalue weighted by Gasteiger charge is -2.33. The molecule has 3 rings (SSSR count). The molecule has 2 aliphatic rings. The Hall–Kier alpha value is -2.44. The van der Waals surface area contributed by atoms with Crippen molar-refractivity contribution in [2.24, 2.45) is 17.3 Å². The molecule has 0 radical (unpaired) electrons. The van der Waals surface area contributed by atoms with Gasteiger partial charge in [0.1, 0.15) is 11.9 Å². The van der Waals surface area contributed by atoms with E-state index in [2.05, 4.69) is 5.32 Å². The molecule has 1 aliphatic carbocycles. The van der Waals surface area contributed by atoms with Gasteiger partial charge in [-0.2, -0.15) is 0 Å². The molecule has 1 aliphatic heterocycles. The molecule has 1 saturated heterocycles. The molecule has 2 N–H and O–H groups in total. The van der Waals surface area contributed by atoms with Crippen molar-refractivity contribution in [1.82, 2.24) is 5.32 Å². The van der Waals surface area contributed by atoms with Gasteiger partial charge in [-0.15, -0.1) is 0 Å². The van der Waals surface area contributed by atoms with Gasteiger partial charge in [-0.05, 0) is 30.4 Å². The van der Waals surface area contributed by atoms with Crippen molar-refractivity contribution >= 4 is 23.5 Å². The molecule has 25 heavy (non-hydrogen) atoms. The van der Waals surface area contributed by atoms with E-state index in [-0.39, 0.29) is 11.6 Å². The van der Waals surface area contributed by atoms with Crippen molar-refractivity contribution in [3.05, 3.63) is 30.1 Å². The standard InChI is InChI=1S/C18H21FN2O4/c1-18(2)13(14(18)17(24)25)15(22)20-11-7-5-9-21(16(11)23)12-8-4-3-6-10(12)19/h3-4,6,8,11,13-14H,5,7,9H2,1-2H3,(H,20,22)(H,24,25)/t11?,13-,14+/m1/s1. The molecule has 1 unspecified atom stereocenters. The minimum atomic E-state index is -1.01. The second kappa shape index (κ2) is 6.13. The first kappa shape index (κ1) is 17.4. The predicted molar refractivity (Wildman–Crippen MR) is 88.3 cm³/mol. The molecule has 2 amide bonds. The summed E-state index contributed by atoms with van der Waals surface area (Å²) in [5, 5.41) is 11.9. The van der Waals surface area contributed by atoms with E-state index < -0.39 is 41.0 Å². The van der Waals surface area contributed by atoms with E-state index in [0.29, 0.717) is 19.4 Å². The van der Waals surface area contributed by atoms with Crippen LogP contribution >= 0.6 is 0 Å². The summed E-state index contributed by atoms with van der Waals surface area (Å²) < 4.78 is 14.0. The number of carbonyl (C=O) groups is 3. The predicted octanol–water partition coefficient (Wildman–Crippen LogP) is 1.79. The van der Waals surface area contributed by atoms with E-state index in [1.165, 1.54) is 17.0 Å². The van der Waals surface area contributed by atoms with Gasteiger partial charge >= 0.3 is 5.97 Å². The van der Waals surface area contributed by atoms with Crippen LogP contribution in [0.2, 0.25) is 0 Å². The SMILES string of the molecule is CC1(C)[C@H](C(=O)O)[C@@H]1C(=O)NC1CCCN(c2ccccc2F)C1=O. The fourth-order valence-corrected chi connectivity index (χ4v) is 3.77. The van der Waals surface area contributed by atoms with Gasteiger partial charge in [0.05, 0.1) is 17.5 Å². The minimum absolute atomic E-state index is 0.196. The van der Waals surface area contributed by atoms with Crippen LogP contribution in [0.15, 0.2) is 24.3 Å². The molecule has 7 heteroatoms. The normalized spacial score (nSPS) is 27.7. The van der Waals surface area contributed by atoms with Gasteiger partial charge in [-0.3, -0.25) is 14.4 Å². The first-order valence-corrected chi connectivity index (χ1v) is 8.34. The highest BCUT2D eigenvalue weighted by atomic mass is 19.1. The Morgan fingerprint density at radius 1 is 1.28 bits per heavy atom. The van der Waals surface area contributed by atoms with Gasteiger partial charge in [0.2, 0.25) is 11.8 Å². The van der Waals surface area contributed by atoms with E-state index in [9.17, 15) is 23.9 Å². The van der Waals surface area contributed by atoms with Crippen LogP contribution in [0, 0.1) is 23.1 Å². The van der Waals surface area contributed by atoms with Crippen LogP contribution in [0.25, 0.3) is 0 Å². The molecule has 0 aromatic heterocycles. The molecule has 1 aromatic rings. The molecular weight excluding hydrogens is 327 g/mol. The van der Waals surface area contributed by atoms with Crippen LogP contribution in [-0.2, 0) is 14.4 Å². The zero-order chi connectivity index (χ0) is 18.4. The number of hydrogen-bond acceptors (Lipinski definition) is 3. The Balaban J connectivity index is 1.71. The Morgan fingerprint density at radius 3 is 2.56 bits per heavy atom. The number of nitrogens with zero attached hydrogens (tertiary/aromatic N) is 1. The largest absolute Gasteiger partial charge is 0.481 e. The molecule has 1 saturated carbocycles. The molecule has 0 spiro atoms. The number of anilines is 1. The molecule has 1 aromatic carbocycles. The van der Waals surface area contributed by atoms with Crippen LogP contribution in [0.3, 0.4) is 0 Å². The van der Waals surface area contributed by atoms with E-state index in [1.54, 1.807) is 26.0 Å². The van der Waals surface area contributed by atoms with E-state index in [4.69, 9.17) is 0 Å². The lowest BCUT2D eigenvalue weighted by molar-refractivity contribution is -0.140. The summed E-state index contributed by atoms with van der Waals surface area (Å²) >= 11 is 0. The molecule has 1 heterocycles. The number of nitrogens with one attached hydrogen (secondary N) is 1. The van der Waals surface area contributed by atoms with Crippen molar-refractivity contribution < 1.29 is 23.9 Å². The smallest absolute Gasteiger partial charge is 0.307 e. The monoisotopic (exact) mass is 348 g/mol. The van der Waals surface area contributed by atoms with E-state index in [0.717, 1.165) is 0 Å². The van der Waals surface area contributed by atoms with Crippen LogP contribution in [0.4, 0.5) is 10.1 Å². The highest BCUT2D eigenvalue weighted by Crippen LogP contribution is 2.58. The maximum Gasteiger partial charge on any atom is 0.307 e. The third kappa shape index (κ3) is 2.99. The van der Waals surface area contributed by atoms with Crippen LogP contribution in [0.1, 0.15) is 26.7 Å². The second-order valence-corrected chi connectivity index (χ2v) is 7.26. The van der Waals surface area contributed by atoms with Crippen molar-refractivity contribution in [3.63, 3.8) is 0 Å². The topological polar surface area (TPSA) is 86.7 Å². The van der Waals surface area contributed by atoms with Crippen LogP contribution < -0.4 is 10.2 Å². The summed E-state index contributed by atoms with van der Waals surface area (Å²) in [5.41, 5.74) is -0.430. The second-order valence-electron chi connectivity index (χ2n) is 7.26. The lowest BCUT2D eigenvalue weighted by Crippen LogP contribution is -2.53. The Bertz CT molecular complexity index is 734. The number of carboxylic acid groups (broad SMARTS) is 1. The number of aliphatic carboxylic acids is 1. The summed E-state index contributed by atoms with van der Waals surface area (Å²) in [6.07, 6.45) is 1.09. The summed E-state index contributed by atoms with van der Waals surface area (Å²) in [6, 6.07) is 5.26. The van der Waals surface area contributed by atoms with Gasteiger partial charge in [-0.1, -0.05) is 26.0 Å². The van der Waals surface area contributed by atoms with Crippen molar-refractivity contribution in [3.8, 4) is 0 Å². The number of amides is 2. The average molecular weight is 348 g/mol. The maximum absolute atomic E-state index is 14.0. The number of carboxylic acids is 1. The van der Waals surface area contributed by atoms with Crippen molar-refractivity contribution in [2.45, 2.75) is 32.7 Å². The van der Waals surface area contributed by atoms with E-state index in [1.807, 2.05) is 0 Å². The van der Waals surface area contributed by atoms with Crippen LogP contribution in [-0.4, -0.2) is 35.5 Å². The first-order valence-electron chi connectivity index (χ1n) is 8.34. The summed E-state index contributed by atoms with van der Waals surface area (Å²) in [5.74, 6) is -3.68. The number of para-hydroxylation sites is 1. The van der Waals surface area contributed by atoms with Gasteiger partial charge in [0.15, 0.2) is 0 Å². The van der Waals surface area contributed by atoms with Crippen molar-refractivity contribution in [2.75, 3.05) is 11.4 Å².